The van der Waals surface area contributed by atoms with Crippen LogP contribution in [0.25, 0.3) is 0 Å². The summed E-state index contributed by atoms with van der Waals surface area (Å²) in [5, 5.41) is 2.98. The van der Waals surface area contributed by atoms with Crippen molar-refractivity contribution in [2.75, 3.05) is 5.88 Å². The predicted octanol–water partition coefficient (Wildman–Crippen LogP) is 3.73. The van der Waals surface area contributed by atoms with Gasteiger partial charge in [0.25, 0.3) is 5.91 Å². The lowest BCUT2D eigenvalue weighted by Crippen LogP contribution is -2.38. The molecule has 1 fully saturated rings. The average Bonchev–Trinajstić information content (AvgIpc) is 2.76. The molecule has 0 bridgehead atoms. The van der Waals surface area contributed by atoms with Gasteiger partial charge in [0.1, 0.15) is 5.82 Å². The van der Waals surface area contributed by atoms with Crippen molar-refractivity contribution in [3.63, 3.8) is 0 Å². The van der Waals surface area contributed by atoms with Gasteiger partial charge in [-0.3, -0.25) is 4.79 Å². The molecule has 1 aromatic carbocycles. The number of hydrogen-bond donors (Lipinski definition) is 1. The molecule has 0 heterocycles. The van der Waals surface area contributed by atoms with Crippen molar-refractivity contribution in [3.8, 4) is 0 Å². The van der Waals surface area contributed by atoms with Crippen LogP contribution in [0.2, 0.25) is 0 Å². The van der Waals surface area contributed by atoms with Gasteiger partial charge in [0, 0.05) is 16.4 Å². The number of nitrogens with one attached hydrogen (secondary N) is 1. The van der Waals surface area contributed by atoms with Gasteiger partial charge in [-0.1, -0.05) is 6.42 Å². The molecule has 0 spiro atoms. The summed E-state index contributed by atoms with van der Waals surface area (Å²) in [6, 6.07) is 4.20. The Labute approximate surface area is 119 Å². The number of halogens is 3. The minimum atomic E-state index is -0.363. The van der Waals surface area contributed by atoms with E-state index in [-0.39, 0.29) is 17.8 Å². The Morgan fingerprint density at radius 3 is 2.94 bits per heavy atom. The molecule has 2 unspecified atom stereocenters. The zero-order chi connectivity index (χ0) is 13.1. The molecule has 1 aliphatic rings. The van der Waals surface area contributed by atoms with Crippen molar-refractivity contribution in [3.05, 3.63) is 34.1 Å². The lowest BCUT2D eigenvalue weighted by atomic mass is 10.1. The molecule has 98 valence electrons. The number of hydrogen-bond acceptors (Lipinski definition) is 1. The number of amides is 1. The summed E-state index contributed by atoms with van der Waals surface area (Å²) in [7, 11) is 0. The Bertz CT molecular complexity index is 455. The topological polar surface area (TPSA) is 29.1 Å². The molecular weight excluding hydrogens is 321 g/mol. The van der Waals surface area contributed by atoms with E-state index in [0.717, 1.165) is 19.3 Å². The predicted molar refractivity (Wildman–Crippen MR) is 73.4 cm³/mol. The van der Waals surface area contributed by atoms with Crippen molar-refractivity contribution >= 4 is 33.4 Å². The summed E-state index contributed by atoms with van der Waals surface area (Å²) in [6.07, 6.45) is 3.11. The van der Waals surface area contributed by atoms with Crippen LogP contribution in [0.1, 0.15) is 29.6 Å². The maximum Gasteiger partial charge on any atom is 0.252 e. The van der Waals surface area contributed by atoms with Gasteiger partial charge < -0.3 is 5.32 Å². The maximum absolute atomic E-state index is 13.0. The van der Waals surface area contributed by atoms with Crippen LogP contribution in [0.15, 0.2) is 22.7 Å². The van der Waals surface area contributed by atoms with Crippen LogP contribution in [-0.4, -0.2) is 17.8 Å². The third-order valence-electron chi connectivity index (χ3n) is 3.35. The highest BCUT2D eigenvalue weighted by molar-refractivity contribution is 9.10. The van der Waals surface area contributed by atoms with E-state index in [9.17, 15) is 9.18 Å². The van der Waals surface area contributed by atoms with E-state index in [1.54, 1.807) is 0 Å². The highest BCUT2D eigenvalue weighted by atomic mass is 79.9. The highest BCUT2D eigenvalue weighted by Crippen LogP contribution is 2.27. The molecule has 5 heteroatoms. The molecule has 2 nitrogen and oxygen atoms in total. The molecule has 1 amide bonds. The molecule has 2 rings (SSSR count). The number of carbonyl (C=O) groups excluding carboxylic acids is 1. The fourth-order valence-electron chi connectivity index (χ4n) is 2.33. The normalized spacial score (nSPS) is 23.1. The second kappa shape index (κ2) is 6.02. The summed E-state index contributed by atoms with van der Waals surface area (Å²) < 4.78 is 13.4. The van der Waals surface area contributed by atoms with Crippen LogP contribution >= 0.6 is 27.5 Å². The first kappa shape index (κ1) is 13.8. The third kappa shape index (κ3) is 3.04. The minimum Gasteiger partial charge on any atom is -0.349 e. The van der Waals surface area contributed by atoms with Gasteiger partial charge in [0.05, 0.1) is 5.56 Å². The van der Waals surface area contributed by atoms with Gasteiger partial charge in [-0.15, -0.1) is 11.6 Å². The van der Waals surface area contributed by atoms with Crippen LogP contribution in [0.5, 0.6) is 0 Å². The molecular formula is C13H14BrClFNO. The summed E-state index contributed by atoms with van der Waals surface area (Å²) >= 11 is 9.08. The Balaban J connectivity index is 2.07. The van der Waals surface area contributed by atoms with E-state index in [4.69, 9.17) is 11.6 Å². The number of carbonyl (C=O) groups is 1. The van der Waals surface area contributed by atoms with E-state index in [1.807, 2.05) is 0 Å². The molecule has 0 radical (unpaired) electrons. The van der Waals surface area contributed by atoms with E-state index < -0.39 is 0 Å². The molecule has 1 N–H and O–H groups in total. The standard InChI is InChI=1S/C13H14BrClFNO/c14-11-6-9(16)4-5-10(11)13(18)17-12-3-1-2-8(12)7-15/h4-6,8,12H,1-3,7H2,(H,17,18). The number of alkyl halides is 1. The van der Waals surface area contributed by atoms with Gasteiger partial charge in [-0.05, 0) is 52.9 Å². The van der Waals surface area contributed by atoms with Crippen LogP contribution in [0.4, 0.5) is 4.39 Å². The van der Waals surface area contributed by atoms with Crippen LogP contribution < -0.4 is 5.32 Å². The fraction of sp³-hybridized carbons (Fsp3) is 0.462. The van der Waals surface area contributed by atoms with Gasteiger partial charge in [0.15, 0.2) is 0 Å². The lowest BCUT2D eigenvalue weighted by molar-refractivity contribution is 0.0929. The van der Waals surface area contributed by atoms with E-state index >= 15 is 0 Å². The first-order chi connectivity index (χ1) is 8.61. The van der Waals surface area contributed by atoms with Crippen LogP contribution in [0.3, 0.4) is 0 Å². The molecule has 0 saturated heterocycles. The first-order valence-corrected chi connectivity index (χ1v) is 7.26. The largest absolute Gasteiger partial charge is 0.349 e. The molecule has 0 aliphatic heterocycles. The molecule has 18 heavy (non-hydrogen) atoms. The second-order valence-electron chi connectivity index (χ2n) is 4.55. The second-order valence-corrected chi connectivity index (χ2v) is 5.71. The maximum atomic E-state index is 13.0. The summed E-state index contributed by atoms with van der Waals surface area (Å²) in [5.41, 5.74) is 0.455. The molecule has 1 saturated carbocycles. The van der Waals surface area contributed by atoms with Crippen LogP contribution in [0, 0.1) is 11.7 Å². The lowest BCUT2D eigenvalue weighted by Gasteiger charge is -2.19. The van der Waals surface area contributed by atoms with Crippen molar-refractivity contribution in [2.24, 2.45) is 5.92 Å². The van der Waals surface area contributed by atoms with E-state index in [0.29, 0.717) is 21.8 Å². The average molecular weight is 335 g/mol. The summed E-state index contributed by atoms with van der Waals surface area (Å²) in [5.74, 6) is 0.367. The summed E-state index contributed by atoms with van der Waals surface area (Å²) in [4.78, 5) is 12.1. The number of rotatable bonds is 3. The van der Waals surface area contributed by atoms with Crippen molar-refractivity contribution in [1.29, 1.82) is 0 Å². The van der Waals surface area contributed by atoms with Crippen molar-refractivity contribution in [1.82, 2.24) is 5.32 Å². The van der Waals surface area contributed by atoms with Gasteiger partial charge in [-0.2, -0.15) is 0 Å². The Morgan fingerprint density at radius 2 is 2.28 bits per heavy atom. The summed E-state index contributed by atoms with van der Waals surface area (Å²) in [6.45, 7) is 0. The van der Waals surface area contributed by atoms with Crippen molar-refractivity contribution in [2.45, 2.75) is 25.3 Å². The van der Waals surface area contributed by atoms with E-state index in [1.165, 1.54) is 18.2 Å². The van der Waals surface area contributed by atoms with Crippen LogP contribution in [-0.2, 0) is 0 Å². The monoisotopic (exact) mass is 333 g/mol. The zero-order valence-corrected chi connectivity index (χ0v) is 12.1. The number of benzene rings is 1. The minimum absolute atomic E-state index is 0.131. The molecule has 1 aliphatic carbocycles. The third-order valence-corrected chi connectivity index (χ3v) is 4.40. The Kier molecular flexibility index (Phi) is 4.62. The smallest absolute Gasteiger partial charge is 0.252 e. The van der Waals surface area contributed by atoms with E-state index in [2.05, 4.69) is 21.2 Å². The Hall–Kier alpha value is -0.610. The van der Waals surface area contributed by atoms with Crippen molar-refractivity contribution < 1.29 is 9.18 Å². The SMILES string of the molecule is O=C(NC1CCCC1CCl)c1ccc(F)cc1Br. The fourth-order valence-corrected chi connectivity index (χ4v) is 3.23. The molecule has 2 atom stereocenters. The van der Waals surface area contributed by atoms with Gasteiger partial charge in [0.2, 0.25) is 0 Å². The van der Waals surface area contributed by atoms with Gasteiger partial charge in [-0.25, -0.2) is 4.39 Å². The molecule has 0 aromatic heterocycles. The quantitative estimate of drug-likeness (QED) is 0.839. The first-order valence-electron chi connectivity index (χ1n) is 5.93. The van der Waals surface area contributed by atoms with Gasteiger partial charge >= 0.3 is 0 Å². The zero-order valence-electron chi connectivity index (χ0n) is 9.76. The Morgan fingerprint density at radius 1 is 1.50 bits per heavy atom. The molecule has 1 aromatic rings. The highest BCUT2D eigenvalue weighted by Gasteiger charge is 2.28.